The van der Waals surface area contributed by atoms with Crippen LogP contribution in [0.15, 0.2) is 30.5 Å². The van der Waals surface area contributed by atoms with Crippen LogP contribution in [0.1, 0.15) is 5.69 Å². The van der Waals surface area contributed by atoms with Crippen LogP contribution in [-0.2, 0) is 0 Å². The van der Waals surface area contributed by atoms with Crippen LogP contribution in [0.2, 0.25) is 15.2 Å². The van der Waals surface area contributed by atoms with Gasteiger partial charge in [-0.05, 0) is 25.1 Å². The molecule has 3 nitrogen and oxygen atoms in total. The predicted molar refractivity (Wildman–Crippen MR) is 78.2 cm³/mol. The van der Waals surface area contributed by atoms with Crippen LogP contribution < -0.4 is 0 Å². The highest BCUT2D eigenvalue weighted by atomic mass is 35.5. The van der Waals surface area contributed by atoms with E-state index in [9.17, 15) is 0 Å². The third kappa shape index (κ3) is 2.18. The average Bonchev–Trinajstić information content (AvgIpc) is 2.73. The van der Waals surface area contributed by atoms with Crippen molar-refractivity contribution in [3.05, 3.63) is 51.4 Å². The van der Waals surface area contributed by atoms with Gasteiger partial charge in [0.15, 0.2) is 5.65 Å². The van der Waals surface area contributed by atoms with Crippen molar-refractivity contribution in [2.75, 3.05) is 0 Å². The van der Waals surface area contributed by atoms with Crippen molar-refractivity contribution in [2.24, 2.45) is 0 Å². The number of hydrogen-bond acceptors (Lipinski definition) is 2. The molecule has 0 radical (unpaired) electrons. The summed E-state index contributed by atoms with van der Waals surface area (Å²) in [6, 6.07) is 7.08. The molecule has 0 spiro atoms. The number of halogens is 3. The van der Waals surface area contributed by atoms with E-state index in [1.807, 2.05) is 13.0 Å². The van der Waals surface area contributed by atoms with E-state index in [0.717, 1.165) is 16.8 Å². The molecule has 0 unspecified atom stereocenters. The summed E-state index contributed by atoms with van der Waals surface area (Å²) in [5.74, 6) is 0. The molecule has 96 valence electrons. The van der Waals surface area contributed by atoms with Crippen molar-refractivity contribution in [3.63, 3.8) is 0 Å². The Hall–Kier alpha value is -1.29. The SMILES string of the molecule is Cc1cc(Cl)n2ncc(-c3ccc(Cl)cc3Cl)c2n1. The van der Waals surface area contributed by atoms with Gasteiger partial charge in [-0.15, -0.1) is 0 Å². The van der Waals surface area contributed by atoms with Crippen molar-refractivity contribution in [3.8, 4) is 11.1 Å². The second-order valence-electron chi connectivity index (χ2n) is 4.14. The number of fused-ring (bicyclic) bond motifs is 1. The molecule has 0 saturated carbocycles. The van der Waals surface area contributed by atoms with Crippen LogP contribution in [-0.4, -0.2) is 14.6 Å². The molecule has 2 heterocycles. The standard InChI is InChI=1S/C13H8Cl3N3/c1-7-4-12(16)19-13(18-7)10(6-17-19)9-3-2-8(14)5-11(9)15/h2-6H,1H3. The Morgan fingerprint density at radius 2 is 1.84 bits per heavy atom. The average molecular weight is 313 g/mol. The molecular weight excluding hydrogens is 305 g/mol. The lowest BCUT2D eigenvalue weighted by Gasteiger charge is -2.04. The van der Waals surface area contributed by atoms with Crippen molar-refractivity contribution in [1.82, 2.24) is 14.6 Å². The summed E-state index contributed by atoms with van der Waals surface area (Å²) in [5, 5.41) is 5.89. The van der Waals surface area contributed by atoms with Crippen LogP contribution >= 0.6 is 34.8 Å². The number of aromatic nitrogens is 3. The molecule has 19 heavy (non-hydrogen) atoms. The number of nitrogens with zero attached hydrogens (tertiary/aromatic N) is 3. The van der Waals surface area contributed by atoms with E-state index in [-0.39, 0.29) is 0 Å². The van der Waals surface area contributed by atoms with E-state index in [2.05, 4.69) is 10.1 Å². The summed E-state index contributed by atoms with van der Waals surface area (Å²) < 4.78 is 1.58. The molecule has 0 atom stereocenters. The molecule has 0 aliphatic heterocycles. The Morgan fingerprint density at radius 3 is 2.58 bits per heavy atom. The fourth-order valence-electron chi connectivity index (χ4n) is 1.94. The predicted octanol–water partition coefficient (Wildman–Crippen LogP) is 4.66. The second kappa shape index (κ2) is 4.67. The van der Waals surface area contributed by atoms with Gasteiger partial charge in [-0.2, -0.15) is 5.10 Å². The van der Waals surface area contributed by atoms with Crippen LogP contribution in [0.4, 0.5) is 0 Å². The monoisotopic (exact) mass is 311 g/mol. The number of rotatable bonds is 1. The van der Waals surface area contributed by atoms with E-state index < -0.39 is 0 Å². The first-order valence-corrected chi connectivity index (χ1v) is 6.66. The van der Waals surface area contributed by atoms with Gasteiger partial charge >= 0.3 is 0 Å². The molecule has 1 aromatic carbocycles. The fourth-order valence-corrected chi connectivity index (χ4v) is 2.73. The maximum Gasteiger partial charge on any atom is 0.164 e. The highest BCUT2D eigenvalue weighted by molar-refractivity contribution is 6.36. The van der Waals surface area contributed by atoms with Gasteiger partial charge in [0, 0.05) is 21.8 Å². The molecule has 0 N–H and O–H groups in total. The second-order valence-corrected chi connectivity index (χ2v) is 5.37. The van der Waals surface area contributed by atoms with Gasteiger partial charge in [-0.25, -0.2) is 9.50 Å². The van der Waals surface area contributed by atoms with Gasteiger partial charge in [0.2, 0.25) is 0 Å². The lowest BCUT2D eigenvalue weighted by atomic mass is 10.1. The largest absolute Gasteiger partial charge is 0.233 e. The molecule has 0 aliphatic rings. The molecule has 3 rings (SSSR count). The van der Waals surface area contributed by atoms with Crippen molar-refractivity contribution >= 4 is 40.4 Å². The van der Waals surface area contributed by atoms with E-state index in [1.54, 1.807) is 28.9 Å². The smallest absolute Gasteiger partial charge is 0.164 e. The minimum Gasteiger partial charge on any atom is -0.233 e. The van der Waals surface area contributed by atoms with E-state index in [0.29, 0.717) is 20.8 Å². The Balaban J connectivity index is 2.31. The zero-order valence-electron chi connectivity index (χ0n) is 9.86. The van der Waals surface area contributed by atoms with E-state index in [1.165, 1.54) is 0 Å². The van der Waals surface area contributed by atoms with Crippen LogP contribution in [0, 0.1) is 6.92 Å². The maximum absolute atomic E-state index is 6.22. The fraction of sp³-hybridized carbons (Fsp3) is 0.0769. The minimum absolute atomic E-state index is 0.513. The van der Waals surface area contributed by atoms with Crippen molar-refractivity contribution < 1.29 is 0 Å². The number of benzene rings is 1. The lowest BCUT2D eigenvalue weighted by Crippen LogP contribution is -1.94. The zero-order chi connectivity index (χ0) is 13.6. The first-order valence-electron chi connectivity index (χ1n) is 5.52. The van der Waals surface area contributed by atoms with Crippen molar-refractivity contribution in [2.45, 2.75) is 6.92 Å². The molecule has 0 amide bonds. The lowest BCUT2D eigenvalue weighted by molar-refractivity contribution is 0.930. The Kier molecular flexibility index (Phi) is 3.13. The quantitative estimate of drug-likeness (QED) is 0.611. The molecule has 0 bridgehead atoms. The molecule has 0 saturated heterocycles. The third-order valence-corrected chi connectivity index (χ3v) is 3.59. The van der Waals surface area contributed by atoms with Gasteiger partial charge < -0.3 is 0 Å². The third-order valence-electron chi connectivity index (χ3n) is 2.78. The van der Waals surface area contributed by atoms with E-state index in [4.69, 9.17) is 34.8 Å². The number of aryl methyl sites for hydroxylation is 1. The molecule has 3 aromatic rings. The summed E-state index contributed by atoms with van der Waals surface area (Å²) in [4.78, 5) is 4.46. The molecule has 0 fully saturated rings. The maximum atomic E-state index is 6.22. The Labute approximate surface area is 124 Å². The summed E-state index contributed by atoms with van der Waals surface area (Å²) in [6.45, 7) is 1.88. The molecular formula is C13H8Cl3N3. The van der Waals surface area contributed by atoms with Crippen molar-refractivity contribution in [1.29, 1.82) is 0 Å². The van der Waals surface area contributed by atoms with Gasteiger partial charge in [0.25, 0.3) is 0 Å². The highest BCUT2D eigenvalue weighted by Crippen LogP contribution is 2.33. The van der Waals surface area contributed by atoms with Gasteiger partial charge in [0.05, 0.1) is 11.2 Å². The summed E-state index contributed by atoms with van der Waals surface area (Å²) in [6.07, 6.45) is 1.70. The topological polar surface area (TPSA) is 30.2 Å². The van der Waals surface area contributed by atoms with Crippen LogP contribution in [0.5, 0.6) is 0 Å². The summed E-state index contributed by atoms with van der Waals surface area (Å²) in [5.41, 5.74) is 3.15. The normalized spacial score (nSPS) is 11.2. The Bertz CT molecular complexity index is 780. The van der Waals surface area contributed by atoms with Gasteiger partial charge in [-0.3, -0.25) is 0 Å². The van der Waals surface area contributed by atoms with Gasteiger partial charge in [0.1, 0.15) is 5.15 Å². The minimum atomic E-state index is 0.513. The highest BCUT2D eigenvalue weighted by Gasteiger charge is 2.13. The van der Waals surface area contributed by atoms with E-state index >= 15 is 0 Å². The first kappa shape index (κ1) is 12.7. The summed E-state index contributed by atoms with van der Waals surface area (Å²) in [7, 11) is 0. The first-order chi connectivity index (χ1) is 9.06. The van der Waals surface area contributed by atoms with Crippen LogP contribution in [0.3, 0.4) is 0 Å². The zero-order valence-corrected chi connectivity index (χ0v) is 12.1. The van der Waals surface area contributed by atoms with Gasteiger partial charge in [-0.1, -0.05) is 40.9 Å². The Morgan fingerprint density at radius 1 is 1.05 bits per heavy atom. The molecule has 6 heteroatoms. The summed E-state index contributed by atoms with van der Waals surface area (Å²) >= 11 is 18.3. The molecule has 0 aliphatic carbocycles. The molecule has 2 aromatic heterocycles. The van der Waals surface area contributed by atoms with Crippen LogP contribution in [0.25, 0.3) is 16.8 Å². The number of hydrogen-bond donors (Lipinski definition) is 0.